The fraction of sp³-hybridized carbons (Fsp3) is 0.562. The summed E-state index contributed by atoms with van der Waals surface area (Å²) >= 11 is 4.44. The fourth-order valence-corrected chi connectivity index (χ4v) is 3.30. The Morgan fingerprint density at radius 3 is 2.70 bits per heavy atom. The van der Waals surface area contributed by atoms with Crippen LogP contribution in [0.2, 0.25) is 0 Å². The van der Waals surface area contributed by atoms with Crippen LogP contribution < -0.4 is 0 Å². The Bertz CT molecular complexity index is 585. The Hall–Kier alpha value is -1.00. The van der Waals surface area contributed by atoms with Crippen molar-refractivity contribution in [2.24, 2.45) is 0 Å². The zero-order valence-electron chi connectivity index (χ0n) is 12.2. The van der Waals surface area contributed by atoms with Gasteiger partial charge in [0, 0.05) is 18.8 Å². The zero-order valence-corrected chi connectivity index (χ0v) is 13.1. The van der Waals surface area contributed by atoms with Crippen LogP contribution in [0.25, 0.3) is 11.0 Å². The van der Waals surface area contributed by atoms with E-state index in [1.807, 2.05) is 0 Å². The number of likely N-dealkylation sites (tertiary alicyclic amines) is 1. The van der Waals surface area contributed by atoms with Crippen LogP contribution in [0.3, 0.4) is 0 Å². The number of benzene rings is 1. The SMILES string of the molecule is CCc1ccc2c(c1)nc(CS)n2CCN1CCCC1. The molecule has 1 saturated heterocycles. The number of hydrogen-bond acceptors (Lipinski definition) is 3. The van der Waals surface area contributed by atoms with Crippen molar-refractivity contribution in [2.45, 2.75) is 38.5 Å². The molecule has 0 atom stereocenters. The Balaban J connectivity index is 1.87. The molecular weight excluding hydrogens is 266 g/mol. The van der Waals surface area contributed by atoms with E-state index >= 15 is 0 Å². The number of rotatable bonds is 5. The topological polar surface area (TPSA) is 21.1 Å². The molecule has 1 aliphatic rings. The van der Waals surface area contributed by atoms with Gasteiger partial charge in [0.15, 0.2) is 0 Å². The molecule has 0 unspecified atom stereocenters. The lowest BCUT2D eigenvalue weighted by Gasteiger charge is -2.16. The van der Waals surface area contributed by atoms with Crippen molar-refractivity contribution in [2.75, 3.05) is 19.6 Å². The summed E-state index contributed by atoms with van der Waals surface area (Å²) in [7, 11) is 0. The van der Waals surface area contributed by atoms with Crippen LogP contribution >= 0.6 is 12.6 Å². The van der Waals surface area contributed by atoms with E-state index in [1.54, 1.807) is 0 Å². The first-order valence-corrected chi connectivity index (χ1v) is 8.26. The van der Waals surface area contributed by atoms with Crippen molar-refractivity contribution in [3.63, 3.8) is 0 Å². The van der Waals surface area contributed by atoms with E-state index in [9.17, 15) is 0 Å². The van der Waals surface area contributed by atoms with Crippen LogP contribution in [0, 0.1) is 0 Å². The lowest BCUT2D eigenvalue weighted by atomic mass is 10.1. The summed E-state index contributed by atoms with van der Waals surface area (Å²) < 4.78 is 2.35. The molecule has 0 N–H and O–H groups in total. The highest BCUT2D eigenvalue weighted by molar-refractivity contribution is 7.79. The number of nitrogens with zero attached hydrogens (tertiary/aromatic N) is 3. The van der Waals surface area contributed by atoms with Gasteiger partial charge in [-0.2, -0.15) is 12.6 Å². The second kappa shape index (κ2) is 6.19. The van der Waals surface area contributed by atoms with Gasteiger partial charge in [0.05, 0.1) is 11.0 Å². The normalized spacial score (nSPS) is 16.3. The molecule has 3 nitrogen and oxygen atoms in total. The summed E-state index contributed by atoms with van der Waals surface area (Å²) in [6.45, 7) is 6.84. The van der Waals surface area contributed by atoms with Crippen LogP contribution in [0.15, 0.2) is 18.2 Å². The summed E-state index contributed by atoms with van der Waals surface area (Å²) in [5, 5.41) is 0. The van der Waals surface area contributed by atoms with Gasteiger partial charge in [-0.1, -0.05) is 13.0 Å². The van der Waals surface area contributed by atoms with Crippen molar-refractivity contribution in [1.82, 2.24) is 14.5 Å². The Kier molecular flexibility index (Phi) is 4.32. The molecule has 2 heterocycles. The van der Waals surface area contributed by atoms with E-state index < -0.39 is 0 Å². The number of imidazole rings is 1. The molecule has 0 spiro atoms. The molecule has 20 heavy (non-hydrogen) atoms. The summed E-state index contributed by atoms with van der Waals surface area (Å²) in [6, 6.07) is 6.66. The van der Waals surface area contributed by atoms with Crippen LogP contribution in [-0.4, -0.2) is 34.1 Å². The third kappa shape index (κ3) is 2.72. The van der Waals surface area contributed by atoms with E-state index in [0.29, 0.717) is 5.75 Å². The predicted octanol–water partition coefficient (Wildman–Crippen LogP) is 3.12. The summed E-state index contributed by atoms with van der Waals surface area (Å²) in [6.07, 6.45) is 3.76. The van der Waals surface area contributed by atoms with Crippen LogP contribution in [-0.2, 0) is 18.7 Å². The van der Waals surface area contributed by atoms with E-state index in [4.69, 9.17) is 4.98 Å². The molecule has 108 valence electrons. The third-order valence-corrected chi connectivity index (χ3v) is 4.56. The number of aromatic nitrogens is 2. The average Bonchev–Trinajstić information content (AvgIpc) is 3.11. The van der Waals surface area contributed by atoms with Gasteiger partial charge in [-0.25, -0.2) is 4.98 Å². The second-order valence-electron chi connectivity index (χ2n) is 5.56. The maximum Gasteiger partial charge on any atom is 0.119 e. The maximum absolute atomic E-state index is 4.75. The Labute approximate surface area is 126 Å². The molecule has 1 aliphatic heterocycles. The Morgan fingerprint density at radius 1 is 1.20 bits per heavy atom. The van der Waals surface area contributed by atoms with Gasteiger partial charge in [-0.15, -0.1) is 0 Å². The lowest BCUT2D eigenvalue weighted by molar-refractivity contribution is 0.323. The number of thiol groups is 1. The fourth-order valence-electron chi connectivity index (χ4n) is 3.06. The number of hydrogen-bond donors (Lipinski definition) is 1. The molecule has 4 heteroatoms. The average molecular weight is 289 g/mol. The van der Waals surface area contributed by atoms with Crippen LogP contribution in [0.5, 0.6) is 0 Å². The van der Waals surface area contributed by atoms with Crippen LogP contribution in [0.1, 0.15) is 31.2 Å². The third-order valence-electron chi connectivity index (χ3n) is 4.28. The molecule has 0 radical (unpaired) electrons. The van der Waals surface area contributed by atoms with Gasteiger partial charge in [0.1, 0.15) is 5.82 Å². The minimum absolute atomic E-state index is 0.705. The van der Waals surface area contributed by atoms with Gasteiger partial charge in [0.2, 0.25) is 0 Å². The minimum atomic E-state index is 0.705. The molecule has 1 aromatic heterocycles. The van der Waals surface area contributed by atoms with Crippen molar-refractivity contribution in [1.29, 1.82) is 0 Å². The van der Waals surface area contributed by atoms with Crippen molar-refractivity contribution >= 4 is 23.7 Å². The molecule has 0 bridgehead atoms. The highest BCUT2D eigenvalue weighted by atomic mass is 32.1. The van der Waals surface area contributed by atoms with Gasteiger partial charge >= 0.3 is 0 Å². The van der Waals surface area contributed by atoms with Gasteiger partial charge < -0.3 is 9.47 Å². The first-order chi connectivity index (χ1) is 9.81. The quantitative estimate of drug-likeness (QED) is 0.854. The smallest absolute Gasteiger partial charge is 0.119 e. The van der Waals surface area contributed by atoms with E-state index in [2.05, 4.69) is 47.2 Å². The van der Waals surface area contributed by atoms with E-state index in [-0.39, 0.29) is 0 Å². The molecule has 0 saturated carbocycles. The van der Waals surface area contributed by atoms with Crippen molar-refractivity contribution in [3.8, 4) is 0 Å². The second-order valence-corrected chi connectivity index (χ2v) is 5.88. The summed E-state index contributed by atoms with van der Waals surface area (Å²) in [4.78, 5) is 7.30. The summed E-state index contributed by atoms with van der Waals surface area (Å²) in [5.74, 6) is 1.80. The van der Waals surface area contributed by atoms with Gasteiger partial charge in [-0.3, -0.25) is 0 Å². The first-order valence-electron chi connectivity index (χ1n) is 7.63. The predicted molar refractivity (Wildman–Crippen MR) is 87.5 cm³/mol. The van der Waals surface area contributed by atoms with Crippen LogP contribution in [0.4, 0.5) is 0 Å². The largest absolute Gasteiger partial charge is 0.326 e. The molecule has 0 aliphatic carbocycles. The monoisotopic (exact) mass is 289 g/mol. The Morgan fingerprint density at radius 2 is 2.00 bits per heavy atom. The molecular formula is C16H23N3S. The summed E-state index contributed by atoms with van der Waals surface area (Å²) in [5.41, 5.74) is 3.73. The van der Waals surface area contributed by atoms with Crippen molar-refractivity contribution < 1.29 is 0 Å². The molecule has 0 amide bonds. The van der Waals surface area contributed by atoms with Gasteiger partial charge in [0.25, 0.3) is 0 Å². The zero-order chi connectivity index (χ0) is 13.9. The molecule has 3 rings (SSSR count). The maximum atomic E-state index is 4.75. The minimum Gasteiger partial charge on any atom is -0.326 e. The number of fused-ring (bicyclic) bond motifs is 1. The highest BCUT2D eigenvalue weighted by Gasteiger charge is 2.14. The highest BCUT2D eigenvalue weighted by Crippen LogP contribution is 2.20. The lowest BCUT2D eigenvalue weighted by Crippen LogP contribution is -2.24. The molecule has 2 aromatic rings. The first kappa shape index (κ1) is 14.0. The van der Waals surface area contributed by atoms with Gasteiger partial charge in [-0.05, 0) is 50.0 Å². The number of aryl methyl sites for hydroxylation is 1. The van der Waals surface area contributed by atoms with Crippen molar-refractivity contribution in [3.05, 3.63) is 29.6 Å². The van der Waals surface area contributed by atoms with E-state index in [0.717, 1.165) is 30.9 Å². The molecule has 1 aromatic carbocycles. The molecule has 1 fully saturated rings. The standard InChI is InChI=1S/C16H23N3S/c1-2-13-5-6-15-14(11-13)17-16(12-20)19(15)10-9-18-7-3-4-8-18/h5-6,11,20H,2-4,7-10,12H2,1H3. The van der Waals surface area contributed by atoms with E-state index in [1.165, 1.54) is 37.0 Å².